The zero-order valence-corrected chi connectivity index (χ0v) is 21.5. The number of hydrogen-bond acceptors (Lipinski definition) is 4. The molecule has 0 spiro atoms. The van der Waals surface area contributed by atoms with Gasteiger partial charge in [-0.25, -0.2) is 0 Å². The van der Waals surface area contributed by atoms with Gasteiger partial charge in [-0.15, -0.1) is 0 Å². The third-order valence-electron chi connectivity index (χ3n) is 5.86. The maximum atomic E-state index is 13.2. The van der Waals surface area contributed by atoms with E-state index >= 15 is 0 Å². The molecule has 0 saturated heterocycles. The number of carbonyl (C=O) groups is 3. The summed E-state index contributed by atoms with van der Waals surface area (Å²) in [7, 11) is 1.58. The second kappa shape index (κ2) is 13.4. The fourth-order valence-corrected chi connectivity index (χ4v) is 3.76. The Hall–Kier alpha value is -5.17. The average Bonchev–Trinajstić information content (AvgIpc) is 2.98. The number of rotatable bonds is 10. The minimum Gasteiger partial charge on any atom is -0.497 e. The normalized spacial score (nSPS) is 10.8. The molecule has 4 rings (SSSR count). The number of hydrogen-bond donors (Lipinski definition) is 3. The zero-order chi connectivity index (χ0) is 27.5. The van der Waals surface area contributed by atoms with Crippen molar-refractivity contribution in [3.05, 3.63) is 137 Å². The van der Waals surface area contributed by atoms with Crippen LogP contribution in [0.4, 0.5) is 5.69 Å². The van der Waals surface area contributed by atoms with Crippen molar-refractivity contribution in [2.24, 2.45) is 0 Å². The van der Waals surface area contributed by atoms with Crippen LogP contribution in [0, 0.1) is 0 Å². The van der Waals surface area contributed by atoms with E-state index in [9.17, 15) is 14.4 Å². The molecule has 0 unspecified atom stereocenters. The maximum absolute atomic E-state index is 13.2. The molecule has 0 saturated carbocycles. The molecule has 0 atom stereocenters. The summed E-state index contributed by atoms with van der Waals surface area (Å²) < 4.78 is 5.20. The molecular weight excluding hydrogens is 490 g/mol. The standard InChI is InChI=1S/C32H29N3O4/c1-39-28-18-14-23(15-19-28)20-29(35-31(37)26-10-6-3-7-11-26)32(38)34-27-16-12-24(13-17-27)21-30(36)33-22-25-8-4-2-5-9-25/h2-20H,21-22H2,1H3,(H,33,36)(H,34,38)(H,35,37)/b29-20+. The molecule has 0 radical (unpaired) electrons. The summed E-state index contributed by atoms with van der Waals surface area (Å²) in [6, 6.07) is 32.5. The molecule has 0 aliphatic heterocycles. The smallest absolute Gasteiger partial charge is 0.272 e. The summed E-state index contributed by atoms with van der Waals surface area (Å²) in [5.41, 5.74) is 3.60. The Morgan fingerprint density at radius 3 is 2.03 bits per heavy atom. The maximum Gasteiger partial charge on any atom is 0.272 e. The average molecular weight is 520 g/mol. The Morgan fingerprint density at radius 2 is 1.38 bits per heavy atom. The van der Waals surface area contributed by atoms with Gasteiger partial charge in [-0.1, -0.05) is 72.8 Å². The van der Waals surface area contributed by atoms with Crippen LogP contribution in [0.2, 0.25) is 0 Å². The van der Waals surface area contributed by atoms with Gasteiger partial charge in [-0.2, -0.15) is 0 Å². The van der Waals surface area contributed by atoms with Gasteiger partial charge in [0.25, 0.3) is 11.8 Å². The highest BCUT2D eigenvalue weighted by Crippen LogP contribution is 2.16. The van der Waals surface area contributed by atoms with E-state index in [-0.39, 0.29) is 18.0 Å². The minimum atomic E-state index is -0.483. The predicted molar refractivity (Wildman–Crippen MR) is 152 cm³/mol. The van der Waals surface area contributed by atoms with Crippen LogP contribution in [0.5, 0.6) is 5.75 Å². The van der Waals surface area contributed by atoms with Crippen LogP contribution in [0.3, 0.4) is 0 Å². The Morgan fingerprint density at radius 1 is 0.744 bits per heavy atom. The highest BCUT2D eigenvalue weighted by molar-refractivity contribution is 6.10. The summed E-state index contributed by atoms with van der Waals surface area (Å²) in [6.45, 7) is 0.464. The third kappa shape index (κ3) is 8.16. The van der Waals surface area contributed by atoms with Gasteiger partial charge in [0.05, 0.1) is 13.5 Å². The van der Waals surface area contributed by atoms with Gasteiger partial charge in [0.1, 0.15) is 11.4 Å². The van der Waals surface area contributed by atoms with Crippen LogP contribution >= 0.6 is 0 Å². The number of nitrogens with one attached hydrogen (secondary N) is 3. The van der Waals surface area contributed by atoms with E-state index in [1.165, 1.54) is 0 Å². The van der Waals surface area contributed by atoms with E-state index in [2.05, 4.69) is 16.0 Å². The first-order valence-corrected chi connectivity index (χ1v) is 12.4. The van der Waals surface area contributed by atoms with Gasteiger partial charge in [-0.05, 0) is 59.2 Å². The zero-order valence-electron chi connectivity index (χ0n) is 21.5. The number of methoxy groups -OCH3 is 1. The first-order valence-electron chi connectivity index (χ1n) is 12.4. The fraction of sp³-hybridized carbons (Fsp3) is 0.0938. The monoisotopic (exact) mass is 519 g/mol. The second-order valence-electron chi connectivity index (χ2n) is 8.74. The molecule has 0 aliphatic rings. The van der Waals surface area contributed by atoms with Crippen molar-refractivity contribution in [2.75, 3.05) is 12.4 Å². The van der Waals surface area contributed by atoms with Crippen molar-refractivity contribution in [2.45, 2.75) is 13.0 Å². The number of carbonyl (C=O) groups excluding carboxylic acids is 3. The van der Waals surface area contributed by atoms with E-state index in [1.807, 2.05) is 36.4 Å². The molecule has 7 nitrogen and oxygen atoms in total. The van der Waals surface area contributed by atoms with Crippen LogP contribution in [-0.2, 0) is 22.6 Å². The molecule has 0 heterocycles. The van der Waals surface area contributed by atoms with E-state index in [0.717, 1.165) is 11.1 Å². The van der Waals surface area contributed by atoms with Crippen LogP contribution < -0.4 is 20.7 Å². The lowest BCUT2D eigenvalue weighted by atomic mass is 10.1. The lowest BCUT2D eigenvalue weighted by molar-refractivity contribution is -0.120. The topological polar surface area (TPSA) is 96.5 Å². The predicted octanol–water partition coefficient (Wildman–Crippen LogP) is 4.96. The van der Waals surface area contributed by atoms with Crippen LogP contribution in [-0.4, -0.2) is 24.8 Å². The summed E-state index contributed by atoms with van der Waals surface area (Å²) in [5.74, 6) is -0.296. The van der Waals surface area contributed by atoms with Crippen LogP contribution in [0.1, 0.15) is 27.0 Å². The molecule has 0 aromatic heterocycles. The molecule has 4 aromatic rings. The molecule has 39 heavy (non-hydrogen) atoms. The SMILES string of the molecule is COc1ccc(/C=C(/NC(=O)c2ccccc2)C(=O)Nc2ccc(CC(=O)NCc3ccccc3)cc2)cc1. The summed E-state index contributed by atoms with van der Waals surface area (Å²) in [4.78, 5) is 38.3. The molecule has 3 amide bonds. The molecule has 4 aromatic carbocycles. The van der Waals surface area contributed by atoms with Gasteiger partial charge < -0.3 is 20.7 Å². The van der Waals surface area contributed by atoms with E-state index < -0.39 is 11.8 Å². The summed E-state index contributed by atoms with van der Waals surface area (Å²) in [5, 5.41) is 8.45. The quantitative estimate of drug-likeness (QED) is 0.258. The number of benzene rings is 4. The van der Waals surface area contributed by atoms with E-state index in [0.29, 0.717) is 29.1 Å². The van der Waals surface area contributed by atoms with Gasteiger partial charge >= 0.3 is 0 Å². The fourth-order valence-electron chi connectivity index (χ4n) is 3.76. The van der Waals surface area contributed by atoms with E-state index in [1.54, 1.807) is 86.0 Å². The van der Waals surface area contributed by atoms with Crippen molar-refractivity contribution in [3.8, 4) is 5.75 Å². The molecule has 7 heteroatoms. The molecule has 0 bridgehead atoms. The molecular formula is C32H29N3O4. The number of ether oxygens (including phenoxy) is 1. The van der Waals surface area contributed by atoms with Gasteiger partial charge in [0.2, 0.25) is 5.91 Å². The van der Waals surface area contributed by atoms with Gasteiger partial charge in [-0.3, -0.25) is 14.4 Å². The third-order valence-corrected chi connectivity index (χ3v) is 5.86. The highest BCUT2D eigenvalue weighted by Gasteiger charge is 2.15. The highest BCUT2D eigenvalue weighted by atomic mass is 16.5. The Labute approximate surface area is 227 Å². The number of amides is 3. The minimum absolute atomic E-state index is 0.0818. The van der Waals surface area contributed by atoms with Crippen molar-refractivity contribution in [1.29, 1.82) is 0 Å². The van der Waals surface area contributed by atoms with Gasteiger partial charge in [0.15, 0.2) is 0 Å². The van der Waals surface area contributed by atoms with Crippen molar-refractivity contribution < 1.29 is 19.1 Å². The molecule has 3 N–H and O–H groups in total. The van der Waals surface area contributed by atoms with Crippen molar-refractivity contribution >= 4 is 29.5 Å². The Balaban J connectivity index is 1.42. The van der Waals surface area contributed by atoms with Gasteiger partial charge in [0, 0.05) is 17.8 Å². The lowest BCUT2D eigenvalue weighted by Gasteiger charge is -2.12. The van der Waals surface area contributed by atoms with Crippen LogP contribution in [0.15, 0.2) is 115 Å². The summed E-state index contributed by atoms with van der Waals surface area (Å²) >= 11 is 0. The Bertz CT molecular complexity index is 1430. The number of anilines is 1. The first-order chi connectivity index (χ1) is 19.0. The van der Waals surface area contributed by atoms with Crippen molar-refractivity contribution in [3.63, 3.8) is 0 Å². The van der Waals surface area contributed by atoms with E-state index in [4.69, 9.17) is 4.74 Å². The van der Waals surface area contributed by atoms with Crippen LogP contribution in [0.25, 0.3) is 6.08 Å². The Kier molecular flexibility index (Phi) is 9.23. The van der Waals surface area contributed by atoms with Crippen molar-refractivity contribution in [1.82, 2.24) is 10.6 Å². The largest absolute Gasteiger partial charge is 0.497 e. The first kappa shape index (κ1) is 26.9. The summed E-state index contributed by atoms with van der Waals surface area (Å²) in [6.07, 6.45) is 1.82. The molecule has 0 fully saturated rings. The molecule has 0 aliphatic carbocycles. The second-order valence-corrected chi connectivity index (χ2v) is 8.74. The molecule has 196 valence electrons. The lowest BCUT2D eigenvalue weighted by Crippen LogP contribution is -2.30.